The van der Waals surface area contributed by atoms with Gasteiger partial charge in [-0.2, -0.15) is 0 Å². The Morgan fingerprint density at radius 3 is 1.80 bits per heavy atom. The topological polar surface area (TPSA) is 18.5 Å². The van der Waals surface area contributed by atoms with Gasteiger partial charge in [0.2, 0.25) is 0 Å². The van der Waals surface area contributed by atoms with Crippen molar-refractivity contribution in [3.8, 4) is 0 Å². The number of hydrogen-bond acceptors (Lipinski definition) is 2. The molecular weight excluding hydrogens is 324 g/mol. The van der Waals surface area contributed by atoms with Crippen LogP contribution in [0.3, 0.4) is 0 Å². The molecule has 0 aliphatic heterocycles. The van der Waals surface area contributed by atoms with Crippen LogP contribution in [0.5, 0.6) is 0 Å². The summed E-state index contributed by atoms with van der Waals surface area (Å²) in [5, 5.41) is 2.39. The molecule has 3 heteroatoms. The molecule has 1 atom stereocenters. The predicted molar refractivity (Wildman–Crippen MR) is 109 cm³/mol. The Balaban J connectivity index is 2.41. The lowest BCUT2D eigenvalue weighted by Gasteiger charge is -2.34. The molecule has 0 radical (unpaired) electrons. The number of hydrogen-bond donors (Lipinski definition) is 0. The van der Waals surface area contributed by atoms with E-state index in [0.717, 1.165) is 25.9 Å². The normalized spacial score (nSPS) is 12.9. The van der Waals surface area contributed by atoms with Gasteiger partial charge in [-0.25, -0.2) is 0 Å². The van der Waals surface area contributed by atoms with Gasteiger partial charge >= 0.3 is 8.56 Å². The molecule has 0 aliphatic carbocycles. The van der Waals surface area contributed by atoms with Crippen molar-refractivity contribution in [3.05, 3.63) is 60.7 Å². The van der Waals surface area contributed by atoms with Crippen molar-refractivity contribution in [2.75, 3.05) is 6.61 Å². The van der Waals surface area contributed by atoms with Crippen LogP contribution in [0.2, 0.25) is 0 Å². The summed E-state index contributed by atoms with van der Waals surface area (Å²) in [6.07, 6.45) is 5.82. The van der Waals surface area contributed by atoms with E-state index in [1.165, 1.54) is 23.2 Å². The minimum absolute atomic E-state index is 0.189. The fourth-order valence-electron chi connectivity index (χ4n) is 3.01. The number of rotatable bonds is 11. The van der Waals surface area contributed by atoms with Crippen LogP contribution in [0.15, 0.2) is 60.7 Å². The molecule has 0 bridgehead atoms. The Labute approximate surface area is 154 Å². The van der Waals surface area contributed by atoms with Gasteiger partial charge in [-0.05, 0) is 30.1 Å². The maximum absolute atomic E-state index is 6.78. The molecule has 2 aromatic rings. The summed E-state index contributed by atoms with van der Waals surface area (Å²) in [5.74, 6) is 0. The fourth-order valence-corrected chi connectivity index (χ4v) is 6.40. The first-order valence-electron chi connectivity index (χ1n) is 9.65. The quantitative estimate of drug-likeness (QED) is 0.431. The summed E-state index contributed by atoms with van der Waals surface area (Å²) in [4.78, 5) is 0. The molecule has 2 aromatic carbocycles. The molecule has 2 nitrogen and oxygen atoms in total. The average molecular weight is 357 g/mol. The first kappa shape index (κ1) is 19.9. The second-order valence-electron chi connectivity index (χ2n) is 6.62. The van der Waals surface area contributed by atoms with E-state index in [9.17, 15) is 0 Å². The van der Waals surface area contributed by atoms with Crippen LogP contribution >= 0.6 is 0 Å². The highest BCUT2D eigenvalue weighted by molar-refractivity contribution is 6.92. The lowest BCUT2D eigenvalue weighted by molar-refractivity contribution is 0.133. The van der Waals surface area contributed by atoms with Crippen molar-refractivity contribution in [2.45, 2.75) is 59.0 Å². The van der Waals surface area contributed by atoms with E-state index in [1.54, 1.807) is 0 Å². The van der Waals surface area contributed by atoms with Crippen LogP contribution in [-0.2, 0) is 8.85 Å². The van der Waals surface area contributed by atoms with Crippen LogP contribution in [0.4, 0.5) is 0 Å². The first-order chi connectivity index (χ1) is 12.2. The standard InChI is InChI=1S/C22H32O2Si/c1-4-6-14-20(3)24-25(23-19-7-5-2,21-15-10-8-11-16-21)22-17-12-9-13-18-22/h8-13,15-18,20H,4-7,14,19H2,1-3H3. The monoisotopic (exact) mass is 356 g/mol. The highest BCUT2D eigenvalue weighted by Gasteiger charge is 2.43. The van der Waals surface area contributed by atoms with Gasteiger partial charge in [-0.15, -0.1) is 0 Å². The summed E-state index contributed by atoms with van der Waals surface area (Å²) in [6, 6.07) is 21.1. The van der Waals surface area contributed by atoms with Gasteiger partial charge in [0.05, 0.1) is 0 Å². The Morgan fingerprint density at radius 2 is 1.32 bits per heavy atom. The molecular formula is C22H32O2Si. The number of unbranched alkanes of at least 4 members (excludes halogenated alkanes) is 2. The lowest BCUT2D eigenvalue weighted by atomic mass is 10.2. The molecule has 0 aliphatic rings. The van der Waals surface area contributed by atoms with E-state index in [1.807, 2.05) is 0 Å². The highest BCUT2D eigenvalue weighted by atomic mass is 28.4. The predicted octanol–water partition coefficient (Wildman–Crippen LogP) is 4.66. The van der Waals surface area contributed by atoms with Crippen molar-refractivity contribution < 1.29 is 8.85 Å². The molecule has 0 spiro atoms. The Morgan fingerprint density at radius 1 is 0.800 bits per heavy atom. The molecule has 0 amide bonds. The zero-order valence-corrected chi connectivity index (χ0v) is 16.9. The molecule has 25 heavy (non-hydrogen) atoms. The molecule has 1 unspecified atom stereocenters. The maximum atomic E-state index is 6.78. The lowest BCUT2D eigenvalue weighted by Crippen LogP contribution is -2.64. The van der Waals surface area contributed by atoms with E-state index in [2.05, 4.69) is 81.4 Å². The summed E-state index contributed by atoms with van der Waals surface area (Å²) >= 11 is 0. The average Bonchev–Trinajstić information content (AvgIpc) is 2.67. The van der Waals surface area contributed by atoms with Gasteiger partial charge in [0.1, 0.15) is 0 Å². The van der Waals surface area contributed by atoms with E-state index < -0.39 is 8.56 Å². The first-order valence-corrected chi connectivity index (χ1v) is 11.5. The summed E-state index contributed by atoms with van der Waals surface area (Å²) in [7, 11) is -2.70. The fraction of sp³-hybridized carbons (Fsp3) is 0.455. The van der Waals surface area contributed by atoms with Crippen molar-refractivity contribution in [2.24, 2.45) is 0 Å². The maximum Gasteiger partial charge on any atom is 0.407 e. The van der Waals surface area contributed by atoms with Gasteiger partial charge in [-0.1, -0.05) is 93.8 Å². The summed E-state index contributed by atoms with van der Waals surface area (Å²) in [5.41, 5.74) is 0. The molecule has 0 aromatic heterocycles. The van der Waals surface area contributed by atoms with Crippen LogP contribution in [-0.4, -0.2) is 21.3 Å². The largest absolute Gasteiger partial charge is 0.407 e. The van der Waals surface area contributed by atoms with Gasteiger partial charge in [0.25, 0.3) is 0 Å². The van der Waals surface area contributed by atoms with Crippen LogP contribution in [0, 0.1) is 0 Å². The van der Waals surface area contributed by atoms with Crippen molar-refractivity contribution in [3.63, 3.8) is 0 Å². The smallest absolute Gasteiger partial charge is 0.388 e. The van der Waals surface area contributed by atoms with E-state index in [0.29, 0.717) is 0 Å². The second kappa shape index (κ2) is 10.5. The minimum atomic E-state index is -2.70. The highest BCUT2D eigenvalue weighted by Crippen LogP contribution is 2.16. The molecule has 136 valence electrons. The van der Waals surface area contributed by atoms with E-state index in [-0.39, 0.29) is 6.10 Å². The minimum Gasteiger partial charge on any atom is -0.388 e. The van der Waals surface area contributed by atoms with Gasteiger partial charge in [0, 0.05) is 12.7 Å². The van der Waals surface area contributed by atoms with E-state index in [4.69, 9.17) is 8.85 Å². The third-order valence-corrected chi connectivity index (χ3v) is 7.97. The van der Waals surface area contributed by atoms with Crippen molar-refractivity contribution in [1.29, 1.82) is 0 Å². The molecule has 0 fully saturated rings. The van der Waals surface area contributed by atoms with Crippen molar-refractivity contribution in [1.82, 2.24) is 0 Å². The van der Waals surface area contributed by atoms with Gasteiger partial charge in [0.15, 0.2) is 0 Å². The molecule has 0 saturated carbocycles. The van der Waals surface area contributed by atoms with Crippen LogP contribution < -0.4 is 10.4 Å². The molecule has 0 saturated heterocycles. The zero-order chi connectivity index (χ0) is 18.0. The Kier molecular flexibility index (Phi) is 8.39. The zero-order valence-electron chi connectivity index (χ0n) is 15.9. The summed E-state index contributed by atoms with van der Waals surface area (Å²) in [6.45, 7) is 7.35. The van der Waals surface area contributed by atoms with E-state index >= 15 is 0 Å². The molecule has 0 heterocycles. The molecule has 0 N–H and O–H groups in total. The summed E-state index contributed by atoms with van der Waals surface area (Å²) < 4.78 is 13.4. The van der Waals surface area contributed by atoms with Gasteiger partial charge in [-0.3, -0.25) is 0 Å². The van der Waals surface area contributed by atoms with Crippen LogP contribution in [0.25, 0.3) is 0 Å². The third-order valence-electron chi connectivity index (χ3n) is 4.44. The molecule has 2 rings (SSSR count). The SMILES string of the molecule is CCCCO[Si](OC(C)CCCC)(c1ccccc1)c1ccccc1. The third kappa shape index (κ3) is 5.53. The van der Waals surface area contributed by atoms with Crippen molar-refractivity contribution >= 4 is 18.9 Å². The number of benzene rings is 2. The Hall–Kier alpha value is -1.42. The Bertz CT molecular complexity index is 546. The second-order valence-corrected chi connectivity index (χ2v) is 9.53. The van der Waals surface area contributed by atoms with Crippen LogP contribution in [0.1, 0.15) is 52.9 Å². The van der Waals surface area contributed by atoms with Gasteiger partial charge < -0.3 is 8.85 Å².